The minimum Gasteiger partial charge on any atom is -0.338 e. The van der Waals surface area contributed by atoms with E-state index in [1.807, 2.05) is 52.3 Å². The highest BCUT2D eigenvalue weighted by Crippen LogP contribution is 2.20. The molecule has 1 aliphatic rings. The number of amides is 4. The second-order valence-corrected chi connectivity index (χ2v) is 6.50. The summed E-state index contributed by atoms with van der Waals surface area (Å²) in [5, 5.41) is 6.82. The van der Waals surface area contributed by atoms with E-state index in [-0.39, 0.29) is 18.4 Å². The van der Waals surface area contributed by atoms with Crippen molar-refractivity contribution in [3.63, 3.8) is 0 Å². The van der Waals surface area contributed by atoms with Crippen LogP contribution in [0.1, 0.15) is 17.3 Å². The summed E-state index contributed by atoms with van der Waals surface area (Å²) in [6.45, 7) is 4.70. The molecule has 1 fully saturated rings. The number of carbonyl (C=O) groups is 3. The van der Waals surface area contributed by atoms with Gasteiger partial charge in [0.25, 0.3) is 5.91 Å². The molecular formula is C20H24N4O3. The molecule has 3 rings (SSSR count). The van der Waals surface area contributed by atoms with Crippen molar-refractivity contribution in [3.8, 4) is 0 Å². The number of piperazine rings is 1. The number of rotatable bonds is 4. The Morgan fingerprint density at radius 1 is 0.963 bits per heavy atom. The molecule has 2 aromatic rings. The second-order valence-electron chi connectivity index (χ2n) is 6.50. The van der Waals surface area contributed by atoms with Crippen molar-refractivity contribution in [2.45, 2.75) is 6.92 Å². The van der Waals surface area contributed by atoms with Crippen LogP contribution < -0.4 is 10.6 Å². The Balaban J connectivity index is 1.56. The predicted octanol–water partition coefficient (Wildman–Crippen LogP) is 1.44. The van der Waals surface area contributed by atoms with Gasteiger partial charge in [0.15, 0.2) is 0 Å². The third kappa shape index (κ3) is 4.62. The van der Waals surface area contributed by atoms with Gasteiger partial charge in [-0.05, 0) is 23.8 Å². The van der Waals surface area contributed by atoms with Crippen LogP contribution in [0.5, 0.6) is 0 Å². The lowest BCUT2D eigenvalue weighted by atomic mass is 10.0. The van der Waals surface area contributed by atoms with Gasteiger partial charge in [0.2, 0.25) is 5.91 Å². The number of hydrogen-bond acceptors (Lipinski definition) is 4. The van der Waals surface area contributed by atoms with Crippen LogP contribution in [0, 0.1) is 0 Å². The molecule has 0 saturated carbocycles. The van der Waals surface area contributed by atoms with Gasteiger partial charge in [-0.2, -0.15) is 0 Å². The zero-order valence-electron chi connectivity index (χ0n) is 15.4. The fraction of sp³-hybridized carbons (Fsp3) is 0.350. The van der Waals surface area contributed by atoms with Crippen LogP contribution >= 0.6 is 0 Å². The summed E-state index contributed by atoms with van der Waals surface area (Å²) in [7, 11) is 0. The smallest absolute Gasteiger partial charge is 0.321 e. The van der Waals surface area contributed by atoms with Crippen LogP contribution in [-0.2, 0) is 4.79 Å². The topological polar surface area (TPSA) is 81.8 Å². The normalized spacial score (nSPS) is 14.8. The van der Waals surface area contributed by atoms with Crippen LogP contribution in [0.3, 0.4) is 0 Å². The highest BCUT2D eigenvalue weighted by atomic mass is 16.2. The Kier molecular flexibility index (Phi) is 6.03. The van der Waals surface area contributed by atoms with Gasteiger partial charge in [0, 0.05) is 38.3 Å². The fourth-order valence-corrected chi connectivity index (χ4v) is 3.27. The van der Waals surface area contributed by atoms with Gasteiger partial charge in [0.05, 0.1) is 6.54 Å². The van der Waals surface area contributed by atoms with Gasteiger partial charge < -0.3 is 10.2 Å². The number of hydrogen-bond donors (Lipinski definition) is 2. The van der Waals surface area contributed by atoms with Crippen LogP contribution in [0.4, 0.5) is 4.79 Å². The number of nitrogens with zero attached hydrogens (tertiary/aromatic N) is 2. The molecule has 1 aliphatic heterocycles. The highest BCUT2D eigenvalue weighted by Gasteiger charge is 2.24. The Morgan fingerprint density at radius 3 is 2.41 bits per heavy atom. The third-order valence-corrected chi connectivity index (χ3v) is 4.64. The molecule has 7 nitrogen and oxygen atoms in total. The van der Waals surface area contributed by atoms with E-state index < -0.39 is 6.03 Å². The first-order valence-corrected chi connectivity index (χ1v) is 9.15. The van der Waals surface area contributed by atoms with Gasteiger partial charge in [-0.25, -0.2) is 4.79 Å². The lowest BCUT2D eigenvalue weighted by Crippen LogP contribution is -2.52. The van der Waals surface area contributed by atoms with Crippen molar-refractivity contribution >= 4 is 28.6 Å². The average Bonchev–Trinajstić information content (AvgIpc) is 2.67. The van der Waals surface area contributed by atoms with E-state index in [4.69, 9.17) is 0 Å². The van der Waals surface area contributed by atoms with Crippen LogP contribution in [0.15, 0.2) is 42.5 Å². The molecule has 1 saturated heterocycles. The molecule has 4 amide bonds. The quantitative estimate of drug-likeness (QED) is 0.856. The van der Waals surface area contributed by atoms with Gasteiger partial charge in [-0.3, -0.25) is 19.8 Å². The Hall–Kier alpha value is -2.93. The third-order valence-electron chi connectivity index (χ3n) is 4.64. The van der Waals surface area contributed by atoms with E-state index in [1.54, 1.807) is 6.92 Å². The van der Waals surface area contributed by atoms with Gasteiger partial charge in [0.1, 0.15) is 0 Å². The first-order chi connectivity index (χ1) is 13.1. The molecule has 0 bridgehead atoms. The maximum absolute atomic E-state index is 12.9. The monoisotopic (exact) mass is 368 g/mol. The first-order valence-electron chi connectivity index (χ1n) is 9.15. The zero-order chi connectivity index (χ0) is 19.2. The van der Waals surface area contributed by atoms with Crippen molar-refractivity contribution < 1.29 is 14.4 Å². The number of imide groups is 1. The van der Waals surface area contributed by atoms with E-state index in [2.05, 4.69) is 10.6 Å². The molecule has 0 unspecified atom stereocenters. The number of urea groups is 1. The summed E-state index contributed by atoms with van der Waals surface area (Å²) >= 11 is 0. The standard InChI is InChI=1S/C20H24N4O3/c1-2-21-20(27)22-18(25)14-23-10-12-24(13-11-23)19(26)17-9-5-7-15-6-3-4-8-16(15)17/h3-9H,2,10-14H2,1H3,(H2,21,22,25,27). The highest BCUT2D eigenvalue weighted by molar-refractivity contribution is 6.07. The summed E-state index contributed by atoms with van der Waals surface area (Å²) in [6, 6.07) is 13.1. The summed E-state index contributed by atoms with van der Waals surface area (Å²) < 4.78 is 0. The molecule has 0 atom stereocenters. The van der Waals surface area contributed by atoms with Crippen molar-refractivity contribution in [1.29, 1.82) is 0 Å². The Bertz CT molecular complexity index is 839. The number of fused-ring (bicyclic) bond motifs is 1. The largest absolute Gasteiger partial charge is 0.338 e. The Labute approximate surface area is 158 Å². The molecule has 0 aliphatic carbocycles. The second kappa shape index (κ2) is 8.64. The summed E-state index contributed by atoms with van der Waals surface area (Å²) in [5.74, 6) is -0.326. The maximum atomic E-state index is 12.9. The molecule has 0 radical (unpaired) electrons. The lowest BCUT2D eigenvalue weighted by Gasteiger charge is -2.34. The van der Waals surface area contributed by atoms with E-state index in [0.717, 1.165) is 10.8 Å². The lowest BCUT2D eigenvalue weighted by molar-refractivity contribution is -0.121. The maximum Gasteiger partial charge on any atom is 0.321 e. The SMILES string of the molecule is CCNC(=O)NC(=O)CN1CCN(C(=O)c2cccc3ccccc23)CC1. The van der Waals surface area contributed by atoms with Gasteiger partial charge >= 0.3 is 6.03 Å². The predicted molar refractivity (Wildman–Crippen MR) is 104 cm³/mol. The zero-order valence-corrected chi connectivity index (χ0v) is 15.4. The van der Waals surface area contributed by atoms with Crippen molar-refractivity contribution in [2.75, 3.05) is 39.3 Å². The van der Waals surface area contributed by atoms with Gasteiger partial charge in [-0.15, -0.1) is 0 Å². The molecule has 2 N–H and O–H groups in total. The van der Waals surface area contributed by atoms with E-state index in [0.29, 0.717) is 38.3 Å². The Morgan fingerprint density at radius 2 is 1.67 bits per heavy atom. The van der Waals surface area contributed by atoms with E-state index in [1.165, 1.54) is 0 Å². The van der Waals surface area contributed by atoms with Crippen LogP contribution in [0.25, 0.3) is 10.8 Å². The number of benzene rings is 2. The average molecular weight is 368 g/mol. The molecule has 7 heteroatoms. The molecule has 0 spiro atoms. The van der Waals surface area contributed by atoms with Crippen LogP contribution in [-0.4, -0.2) is 66.9 Å². The van der Waals surface area contributed by atoms with Crippen LogP contribution in [0.2, 0.25) is 0 Å². The first kappa shape index (κ1) is 18.8. The molecule has 2 aromatic carbocycles. The van der Waals surface area contributed by atoms with Crippen molar-refractivity contribution in [2.24, 2.45) is 0 Å². The minimum atomic E-state index is -0.479. The van der Waals surface area contributed by atoms with Crippen molar-refractivity contribution in [1.82, 2.24) is 20.4 Å². The molecular weight excluding hydrogens is 344 g/mol. The number of nitrogens with one attached hydrogen (secondary N) is 2. The fourth-order valence-electron chi connectivity index (χ4n) is 3.27. The molecule has 27 heavy (non-hydrogen) atoms. The van der Waals surface area contributed by atoms with E-state index in [9.17, 15) is 14.4 Å². The molecule has 1 heterocycles. The number of carbonyl (C=O) groups excluding carboxylic acids is 3. The summed E-state index contributed by atoms with van der Waals surface area (Å²) in [5.41, 5.74) is 0.704. The van der Waals surface area contributed by atoms with E-state index >= 15 is 0 Å². The molecule has 142 valence electrons. The van der Waals surface area contributed by atoms with Crippen molar-refractivity contribution in [3.05, 3.63) is 48.0 Å². The minimum absolute atomic E-state index is 0.0122. The van der Waals surface area contributed by atoms with Gasteiger partial charge in [-0.1, -0.05) is 36.4 Å². The molecule has 0 aromatic heterocycles. The summed E-state index contributed by atoms with van der Waals surface area (Å²) in [6.07, 6.45) is 0. The summed E-state index contributed by atoms with van der Waals surface area (Å²) in [4.78, 5) is 40.0.